The van der Waals surface area contributed by atoms with Crippen molar-refractivity contribution < 1.29 is 15.0 Å². The van der Waals surface area contributed by atoms with Crippen molar-refractivity contribution in [3.8, 4) is 5.75 Å². The lowest BCUT2D eigenvalue weighted by molar-refractivity contribution is -0.136. The van der Waals surface area contributed by atoms with Gasteiger partial charge in [0.25, 0.3) is 0 Å². The van der Waals surface area contributed by atoms with Gasteiger partial charge >= 0.3 is 5.97 Å². The van der Waals surface area contributed by atoms with Crippen LogP contribution in [0.3, 0.4) is 0 Å². The summed E-state index contributed by atoms with van der Waals surface area (Å²) in [5.41, 5.74) is 5.89. The Morgan fingerprint density at radius 1 is 1.54 bits per heavy atom. The van der Waals surface area contributed by atoms with Gasteiger partial charge in [0.1, 0.15) is 5.75 Å². The molecule has 0 aliphatic carbocycles. The normalized spacial score (nSPS) is 8.38. The van der Waals surface area contributed by atoms with Gasteiger partial charge in [-0.3, -0.25) is 4.79 Å². The molecule has 0 atom stereocenters. The van der Waals surface area contributed by atoms with Gasteiger partial charge in [0.15, 0.2) is 0 Å². The summed E-state index contributed by atoms with van der Waals surface area (Å²) in [7, 11) is 0. The largest absolute Gasteiger partial charge is 0.508 e. The Kier molecular flexibility index (Phi) is 5.11. The summed E-state index contributed by atoms with van der Waals surface area (Å²) in [5, 5.41) is 16.5. The van der Waals surface area contributed by atoms with Crippen LogP contribution >= 0.6 is 0 Å². The minimum absolute atomic E-state index is 0.213. The number of aliphatic carboxylic acids is 1. The first-order valence-electron chi connectivity index (χ1n) is 3.82. The molecule has 1 rings (SSSR count). The topological polar surface area (TPSA) is 83.5 Å². The van der Waals surface area contributed by atoms with Crippen LogP contribution in [0.2, 0.25) is 0 Å². The number of anilines is 1. The van der Waals surface area contributed by atoms with E-state index in [4.69, 9.17) is 15.9 Å². The van der Waals surface area contributed by atoms with E-state index in [1.165, 1.54) is 6.07 Å². The summed E-state index contributed by atoms with van der Waals surface area (Å²) < 4.78 is 0. The molecule has 0 amide bonds. The van der Waals surface area contributed by atoms with E-state index in [-0.39, 0.29) is 12.2 Å². The van der Waals surface area contributed by atoms with Crippen LogP contribution in [0.5, 0.6) is 5.75 Å². The standard InChI is InChI=1S/C6H7NO.C3H6O2/c7-5-2-1-3-6(8)4-5;1-2-3(4)5/h1-4,8H,7H2;2H2,1H3,(H,4,5). The highest BCUT2D eigenvalue weighted by molar-refractivity contribution is 5.66. The summed E-state index contributed by atoms with van der Waals surface area (Å²) in [5.74, 6) is -0.532. The molecule has 0 saturated carbocycles. The monoisotopic (exact) mass is 183 g/mol. The minimum Gasteiger partial charge on any atom is -0.508 e. The maximum Gasteiger partial charge on any atom is 0.303 e. The van der Waals surface area contributed by atoms with Crippen LogP contribution in [0.15, 0.2) is 24.3 Å². The van der Waals surface area contributed by atoms with Crippen molar-refractivity contribution in [1.82, 2.24) is 0 Å². The molecule has 0 radical (unpaired) electrons. The van der Waals surface area contributed by atoms with E-state index in [1.54, 1.807) is 25.1 Å². The fourth-order valence-electron chi connectivity index (χ4n) is 0.525. The molecule has 0 heterocycles. The lowest BCUT2D eigenvalue weighted by Gasteiger charge is -1.90. The zero-order valence-electron chi connectivity index (χ0n) is 7.40. The van der Waals surface area contributed by atoms with Crippen LogP contribution in [0.1, 0.15) is 13.3 Å². The molecule has 13 heavy (non-hydrogen) atoms. The van der Waals surface area contributed by atoms with Gasteiger partial charge in [0, 0.05) is 18.2 Å². The highest BCUT2D eigenvalue weighted by Gasteiger charge is 1.83. The summed E-state index contributed by atoms with van der Waals surface area (Å²) in [6.07, 6.45) is 0.222. The van der Waals surface area contributed by atoms with Crippen LogP contribution in [-0.2, 0) is 4.79 Å². The molecule has 0 aromatic heterocycles. The summed E-state index contributed by atoms with van der Waals surface area (Å²) in [6, 6.07) is 6.50. The van der Waals surface area contributed by atoms with E-state index >= 15 is 0 Å². The van der Waals surface area contributed by atoms with Gasteiger partial charge in [0.2, 0.25) is 0 Å². The molecule has 0 aliphatic heterocycles. The van der Waals surface area contributed by atoms with Gasteiger partial charge in [-0.25, -0.2) is 0 Å². The highest BCUT2D eigenvalue weighted by atomic mass is 16.4. The van der Waals surface area contributed by atoms with E-state index in [9.17, 15) is 4.79 Å². The lowest BCUT2D eigenvalue weighted by Crippen LogP contribution is -1.86. The summed E-state index contributed by atoms with van der Waals surface area (Å²) in [6.45, 7) is 1.60. The van der Waals surface area contributed by atoms with Gasteiger partial charge in [-0.1, -0.05) is 13.0 Å². The molecule has 0 aliphatic rings. The molecule has 0 unspecified atom stereocenters. The Morgan fingerprint density at radius 3 is 2.31 bits per heavy atom. The van der Waals surface area contributed by atoms with Crippen molar-refractivity contribution in [1.29, 1.82) is 0 Å². The maximum atomic E-state index is 9.37. The fourth-order valence-corrected chi connectivity index (χ4v) is 0.525. The second kappa shape index (κ2) is 5.88. The molecule has 0 fully saturated rings. The minimum atomic E-state index is -0.745. The van der Waals surface area contributed by atoms with E-state index in [0.29, 0.717) is 5.69 Å². The first kappa shape index (κ1) is 11.3. The van der Waals surface area contributed by atoms with E-state index < -0.39 is 5.97 Å². The van der Waals surface area contributed by atoms with E-state index in [2.05, 4.69) is 0 Å². The SMILES string of the molecule is CCC(=O)O.Nc1cccc(O)c1. The lowest BCUT2D eigenvalue weighted by atomic mass is 10.3. The molecule has 1 aromatic carbocycles. The number of phenolic OH excluding ortho intramolecular Hbond substituents is 1. The van der Waals surface area contributed by atoms with Gasteiger partial charge in [-0.2, -0.15) is 0 Å². The average Bonchev–Trinajstić information content (AvgIpc) is 2.05. The number of hydrogen-bond acceptors (Lipinski definition) is 3. The number of phenols is 1. The van der Waals surface area contributed by atoms with Crippen molar-refractivity contribution >= 4 is 11.7 Å². The zero-order valence-corrected chi connectivity index (χ0v) is 7.40. The molecule has 1 aromatic rings. The van der Waals surface area contributed by atoms with Crippen LogP contribution < -0.4 is 5.73 Å². The average molecular weight is 183 g/mol. The molecule has 4 nitrogen and oxygen atoms in total. The number of rotatable bonds is 1. The van der Waals surface area contributed by atoms with Gasteiger partial charge in [0.05, 0.1) is 0 Å². The van der Waals surface area contributed by atoms with Crippen molar-refractivity contribution in [3.05, 3.63) is 24.3 Å². The number of hydrogen-bond donors (Lipinski definition) is 3. The Morgan fingerprint density at radius 2 is 2.08 bits per heavy atom. The Bertz CT molecular complexity index is 256. The highest BCUT2D eigenvalue weighted by Crippen LogP contribution is 2.10. The fraction of sp³-hybridized carbons (Fsp3) is 0.222. The number of carbonyl (C=O) groups is 1. The second-order valence-electron chi connectivity index (χ2n) is 2.34. The number of carboxylic acid groups (broad SMARTS) is 1. The number of nitrogen functional groups attached to an aromatic ring is 1. The Balaban J connectivity index is 0.000000252. The maximum absolute atomic E-state index is 9.37. The van der Waals surface area contributed by atoms with Crippen LogP contribution in [-0.4, -0.2) is 16.2 Å². The molecular weight excluding hydrogens is 170 g/mol. The zero-order chi connectivity index (χ0) is 10.3. The van der Waals surface area contributed by atoms with Crippen molar-refractivity contribution in [3.63, 3.8) is 0 Å². The summed E-state index contributed by atoms with van der Waals surface area (Å²) in [4.78, 5) is 9.37. The number of benzene rings is 1. The van der Waals surface area contributed by atoms with Crippen LogP contribution in [0.25, 0.3) is 0 Å². The third kappa shape index (κ3) is 6.68. The van der Waals surface area contributed by atoms with Crippen LogP contribution in [0.4, 0.5) is 5.69 Å². The van der Waals surface area contributed by atoms with Gasteiger partial charge < -0.3 is 15.9 Å². The number of nitrogens with two attached hydrogens (primary N) is 1. The predicted molar refractivity (Wildman–Crippen MR) is 50.4 cm³/mol. The molecule has 0 bridgehead atoms. The Hall–Kier alpha value is -1.71. The molecule has 4 N–H and O–H groups in total. The molecular formula is C9H13NO3. The predicted octanol–water partition coefficient (Wildman–Crippen LogP) is 1.46. The first-order chi connectivity index (χ1) is 6.06. The summed E-state index contributed by atoms with van der Waals surface area (Å²) >= 11 is 0. The third-order valence-electron chi connectivity index (χ3n) is 1.17. The number of aromatic hydroxyl groups is 1. The molecule has 72 valence electrons. The van der Waals surface area contributed by atoms with Gasteiger partial charge in [-0.05, 0) is 12.1 Å². The molecule has 0 spiro atoms. The second-order valence-corrected chi connectivity index (χ2v) is 2.34. The van der Waals surface area contributed by atoms with E-state index in [0.717, 1.165) is 0 Å². The third-order valence-corrected chi connectivity index (χ3v) is 1.17. The Labute approximate surface area is 76.6 Å². The van der Waals surface area contributed by atoms with Crippen molar-refractivity contribution in [2.45, 2.75) is 13.3 Å². The number of carboxylic acids is 1. The van der Waals surface area contributed by atoms with Crippen LogP contribution in [0, 0.1) is 0 Å². The quantitative estimate of drug-likeness (QED) is 0.575. The first-order valence-corrected chi connectivity index (χ1v) is 3.82. The molecule has 4 heteroatoms. The van der Waals surface area contributed by atoms with Gasteiger partial charge in [-0.15, -0.1) is 0 Å². The van der Waals surface area contributed by atoms with Crippen molar-refractivity contribution in [2.24, 2.45) is 0 Å². The molecule has 0 saturated heterocycles. The smallest absolute Gasteiger partial charge is 0.303 e. The van der Waals surface area contributed by atoms with E-state index in [1.807, 2.05) is 0 Å². The van der Waals surface area contributed by atoms with Crippen molar-refractivity contribution in [2.75, 3.05) is 5.73 Å².